The van der Waals surface area contributed by atoms with E-state index >= 15 is 0 Å². The molecule has 1 atom stereocenters. The minimum Gasteiger partial charge on any atom is -0.326 e. The lowest BCUT2D eigenvalue weighted by atomic mass is 9.87. The van der Waals surface area contributed by atoms with Crippen molar-refractivity contribution >= 4 is 0 Å². The molecule has 0 saturated heterocycles. The molecule has 2 N–H and O–H groups in total. The van der Waals surface area contributed by atoms with Gasteiger partial charge in [-0.25, -0.2) is 0 Å². The maximum Gasteiger partial charge on any atom is 0.0217 e. The molecule has 0 aromatic rings. The summed E-state index contributed by atoms with van der Waals surface area (Å²) in [4.78, 5) is 2.50. The number of hydrogen-bond donors (Lipinski definition) is 1. The first-order valence-corrected chi connectivity index (χ1v) is 6.87. The Morgan fingerprint density at radius 2 is 1.62 bits per heavy atom. The van der Waals surface area contributed by atoms with Gasteiger partial charge in [-0.3, -0.25) is 0 Å². The molecule has 0 heterocycles. The second-order valence-electron chi connectivity index (χ2n) is 6.56. The Kier molecular flexibility index (Phi) is 5.26. The minimum atomic E-state index is 0.221. The average Bonchev–Trinajstić information content (AvgIpc) is 2.43. The summed E-state index contributed by atoms with van der Waals surface area (Å²) in [6.07, 6.45) is 8.39. The molecule has 16 heavy (non-hydrogen) atoms. The molecular formula is C14H30N2. The van der Waals surface area contributed by atoms with E-state index in [4.69, 9.17) is 5.73 Å². The predicted molar refractivity (Wildman–Crippen MR) is 71.6 cm³/mol. The number of nitrogens with two attached hydrogens (primary N) is 1. The molecule has 0 aliphatic heterocycles. The van der Waals surface area contributed by atoms with E-state index < -0.39 is 0 Å². The molecule has 2 heteroatoms. The third-order valence-corrected chi connectivity index (χ3v) is 4.05. The lowest BCUT2D eigenvalue weighted by molar-refractivity contribution is 0.169. The highest BCUT2D eigenvalue weighted by atomic mass is 15.1. The van der Waals surface area contributed by atoms with Crippen molar-refractivity contribution < 1.29 is 0 Å². The summed E-state index contributed by atoms with van der Waals surface area (Å²) in [5, 5.41) is 0. The quantitative estimate of drug-likeness (QED) is 0.750. The van der Waals surface area contributed by atoms with Gasteiger partial charge in [0.25, 0.3) is 0 Å². The molecule has 96 valence electrons. The Hall–Kier alpha value is -0.0800. The van der Waals surface area contributed by atoms with Gasteiger partial charge in [0.2, 0.25) is 0 Å². The summed E-state index contributed by atoms with van der Waals surface area (Å²) < 4.78 is 0. The highest BCUT2D eigenvalue weighted by molar-refractivity contribution is 4.82. The van der Waals surface area contributed by atoms with Gasteiger partial charge in [0.1, 0.15) is 0 Å². The number of likely N-dealkylation sites (N-methyl/N-ethyl adjacent to an activating group) is 1. The van der Waals surface area contributed by atoms with Crippen LogP contribution in [0.15, 0.2) is 0 Å². The van der Waals surface area contributed by atoms with Crippen LogP contribution in [0, 0.1) is 5.41 Å². The van der Waals surface area contributed by atoms with Crippen molar-refractivity contribution in [3.8, 4) is 0 Å². The van der Waals surface area contributed by atoms with Crippen molar-refractivity contribution in [2.45, 2.75) is 71.4 Å². The van der Waals surface area contributed by atoms with Gasteiger partial charge >= 0.3 is 0 Å². The summed E-state index contributed by atoms with van der Waals surface area (Å²) >= 11 is 0. The molecule has 0 radical (unpaired) electrons. The summed E-state index contributed by atoms with van der Waals surface area (Å²) in [6, 6.07) is 1.05. The third-order valence-electron chi connectivity index (χ3n) is 4.05. The van der Waals surface area contributed by atoms with Crippen LogP contribution in [-0.2, 0) is 0 Å². The fourth-order valence-corrected chi connectivity index (χ4v) is 2.43. The van der Waals surface area contributed by atoms with Gasteiger partial charge in [0.15, 0.2) is 0 Å². The summed E-state index contributed by atoms with van der Waals surface area (Å²) in [7, 11) is 2.25. The van der Waals surface area contributed by atoms with Crippen LogP contribution in [0.1, 0.15) is 59.3 Å². The number of hydrogen-bond acceptors (Lipinski definition) is 2. The van der Waals surface area contributed by atoms with E-state index in [1.807, 2.05) is 0 Å². The van der Waals surface area contributed by atoms with Gasteiger partial charge in [-0.1, -0.05) is 46.5 Å². The normalized spacial score (nSPS) is 22.1. The van der Waals surface area contributed by atoms with Crippen LogP contribution < -0.4 is 5.73 Å². The van der Waals surface area contributed by atoms with Gasteiger partial charge in [0, 0.05) is 18.6 Å². The van der Waals surface area contributed by atoms with Crippen LogP contribution in [0.25, 0.3) is 0 Å². The molecule has 0 spiro atoms. The fraction of sp³-hybridized carbons (Fsp3) is 1.00. The zero-order valence-corrected chi connectivity index (χ0v) is 11.6. The van der Waals surface area contributed by atoms with E-state index in [0.717, 1.165) is 12.6 Å². The van der Waals surface area contributed by atoms with Gasteiger partial charge in [-0.2, -0.15) is 0 Å². The van der Waals surface area contributed by atoms with Gasteiger partial charge in [-0.05, 0) is 25.3 Å². The van der Waals surface area contributed by atoms with Crippen LogP contribution in [0.4, 0.5) is 0 Å². The molecule has 1 rings (SSSR count). The first kappa shape index (κ1) is 14.0. The molecule has 1 aliphatic carbocycles. The highest BCUT2D eigenvalue weighted by Crippen LogP contribution is 2.23. The second kappa shape index (κ2) is 6.02. The number of nitrogens with zero attached hydrogens (tertiary/aromatic N) is 1. The van der Waals surface area contributed by atoms with E-state index in [-0.39, 0.29) is 11.5 Å². The first-order valence-electron chi connectivity index (χ1n) is 6.87. The van der Waals surface area contributed by atoms with Crippen LogP contribution in [0.2, 0.25) is 0 Å². The summed E-state index contributed by atoms with van der Waals surface area (Å²) in [5.74, 6) is 0. The van der Waals surface area contributed by atoms with Crippen molar-refractivity contribution in [2.75, 3.05) is 13.6 Å². The van der Waals surface area contributed by atoms with Gasteiger partial charge in [-0.15, -0.1) is 0 Å². The van der Waals surface area contributed by atoms with Crippen LogP contribution in [-0.4, -0.2) is 30.6 Å². The molecule has 1 aliphatic rings. The Balaban J connectivity index is 2.41. The Morgan fingerprint density at radius 3 is 2.06 bits per heavy atom. The zero-order chi connectivity index (χ0) is 12.2. The van der Waals surface area contributed by atoms with E-state index in [2.05, 4.69) is 32.7 Å². The predicted octanol–water partition coefficient (Wildman–Crippen LogP) is 3.01. The molecule has 1 unspecified atom stereocenters. The Morgan fingerprint density at radius 1 is 1.12 bits per heavy atom. The molecule has 0 aromatic heterocycles. The number of rotatable bonds is 3. The van der Waals surface area contributed by atoms with E-state index in [1.54, 1.807) is 0 Å². The molecule has 1 fully saturated rings. The average molecular weight is 226 g/mol. The fourth-order valence-electron chi connectivity index (χ4n) is 2.43. The highest BCUT2D eigenvalue weighted by Gasteiger charge is 2.25. The van der Waals surface area contributed by atoms with Gasteiger partial charge in [0.05, 0.1) is 0 Å². The van der Waals surface area contributed by atoms with Crippen molar-refractivity contribution in [3.63, 3.8) is 0 Å². The molecule has 0 aromatic carbocycles. The Labute approximate surface area is 102 Å². The molecule has 0 amide bonds. The maximum absolute atomic E-state index is 6.26. The maximum atomic E-state index is 6.26. The molecular weight excluding hydrogens is 196 g/mol. The van der Waals surface area contributed by atoms with Crippen molar-refractivity contribution in [2.24, 2.45) is 11.1 Å². The second-order valence-corrected chi connectivity index (χ2v) is 6.56. The molecule has 0 bridgehead atoms. The topological polar surface area (TPSA) is 29.3 Å². The van der Waals surface area contributed by atoms with E-state index in [0.29, 0.717) is 0 Å². The lowest BCUT2D eigenvalue weighted by Gasteiger charge is -2.34. The van der Waals surface area contributed by atoms with Crippen molar-refractivity contribution in [1.82, 2.24) is 4.90 Å². The summed E-state index contributed by atoms with van der Waals surface area (Å²) in [5.41, 5.74) is 6.48. The monoisotopic (exact) mass is 226 g/mol. The van der Waals surface area contributed by atoms with Crippen LogP contribution in [0.5, 0.6) is 0 Å². The van der Waals surface area contributed by atoms with Gasteiger partial charge < -0.3 is 10.6 Å². The lowest BCUT2D eigenvalue weighted by Crippen LogP contribution is -2.47. The molecule has 1 saturated carbocycles. The largest absolute Gasteiger partial charge is 0.326 e. The smallest absolute Gasteiger partial charge is 0.0217 e. The third kappa shape index (κ3) is 4.42. The minimum absolute atomic E-state index is 0.221. The zero-order valence-electron chi connectivity index (χ0n) is 11.6. The molecule has 2 nitrogen and oxygen atoms in total. The summed E-state index contributed by atoms with van der Waals surface area (Å²) in [6.45, 7) is 7.74. The van der Waals surface area contributed by atoms with Crippen LogP contribution in [0.3, 0.4) is 0 Å². The SMILES string of the molecule is CN(CC(N)C(C)(C)C)C1CCCCCC1. The van der Waals surface area contributed by atoms with E-state index in [1.165, 1.54) is 38.5 Å². The van der Waals surface area contributed by atoms with Crippen LogP contribution >= 0.6 is 0 Å². The standard InChI is InChI=1S/C14H30N2/c1-14(2,3)13(15)11-16(4)12-9-7-5-6-8-10-12/h12-13H,5-11,15H2,1-4H3. The van der Waals surface area contributed by atoms with Crippen molar-refractivity contribution in [3.05, 3.63) is 0 Å². The first-order chi connectivity index (χ1) is 7.41. The van der Waals surface area contributed by atoms with Crippen molar-refractivity contribution in [1.29, 1.82) is 0 Å². The van der Waals surface area contributed by atoms with E-state index in [9.17, 15) is 0 Å². The Bertz CT molecular complexity index is 187.